The average molecular weight is 270 g/mol. The Labute approximate surface area is 120 Å². The predicted octanol–water partition coefficient (Wildman–Crippen LogP) is 2.66. The molecule has 2 N–H and O–H groups in total. The molecule has 0 spiro atoms. The van der Waals surface area contributed by atoms with E-state index in [0.717, 1.165) is 24.7 Å². The lowest BCUT2D eigenvalue weighted by atomic mass is 9.82. The van der Waals surface area contributed by atoms with Gasteiger partial charge in [-0.1, -0.05) is 30.3 Å². The molecule has 1 aliphatic carbocycles. The van der Waals surface area contributed by atoms with Crippen LogP contribution in [0.2, 0.25) is 0 Å². The smallest absolute Gasteiger partial charge is 0.137 e. The second-order valence-corrected chi connectivity index (χ2v) is 5.60. The van der Waals surface area contributed by atoms with Crippen molar-refractivity contribution in [2.45, 2.75) is 44.1 Å². The zero-order valence-corrected chi connectivity index (χ0v) is 11.8. The van der Waals surface area contributed by atoms with Crippen LogP contribution < -0.4 is 5.32 Å². The molecule has 3 rings (SSSR count). The summed E-state index contributed by atoms with van der Waals surface area (Å²) in [6.07, 6.45) is 7.64. The van der Waals surface area contributed by atoms with Gasteiger partial charge in [-0.05, 0) is 37.2 Å². The van der Waals surface area contributed by atoms with E-state index in [2.05, 4.69) is 50.8 Å². The lowest BCUT2D eigenvalue weighted by Crippen LogP contribution is -2.34. The van der Waals surface area contributed by atoms with Crippen molar-refractivity contribution in [1.29, 1.82) is 0 Å². The Balaban J connectivity index is 1.40. The molecule has 4 nitrogen and oxygen atoms in total. The molecule has 0 aliphatic heterocycles. The monoisotopic (exact) mass is 270 g/mol. The summed E-state index contributed by atoms with van der Waals surface area (Å²) in [6, 6.07) is 11.6. The maximum atomic E-state index is 4.14. The van der Waals surface area contributed by atoms with Crippen LogP contribution in [0.5, 0.6) is 0 Å². The van der Waals surface area contributed by atoms with Crippen LogP contribution in [-0.4, -0.2) is 27.8 Å². The first-order valence-corrected chi connectivity index (χ1v) is 7.54. The summed E-state index contributed by atoms with van der Waals surface area (Å²) in [7, 11) is 0. The summed E-state index contributed by atoms with van der Waals surface area (Å²) in [4.78, 5) is 4.14. The van der Waals surface area contributed by atoms with Gasteiger partial charge in [-0.15, -0.1) is 0 Å². The fourth-order valence-electron chi connectivity index (χ4n) is 3.10. The van der Waals surface area contributed by atoms with Gasteiger partial charge < -0.3 is 5.32 Å². The highest BCUT2D eigenvalue weighted by Gasteiger charge is 2.21. The van der Waals surface area contributed by atoms with Gasteiger partial charge in [0.05, 0.1) is 0 Å². The highest BCUT2D eigenvalue weighted by atomic mass is 15.2. The Bertz CT molecular complexity index is 486. The van der Waals surface area contributed by atoms with Crippen LogP contribution in [0.1, 0.15) is 43.0 Å². The molecule has 1 heterocycles. The number of nitrogens with one attached hydrogen (secondary N) is 2. The number of benzene rings is 1. The molecular weight excluding hydrogens is 248 g/mol. The minimum Gasteiger partial charge on any atom is -0.314 e. The Morgan fingerprint density at radius 2 is 1.90 bits per heavy atom. The van der Waals surface area contributed by atoms with Crippen LogP contribution in [-0.2, 0) is 6.42 Å². The fourth-order valence-corrected chi connectivity index (χ4v) is 3.10. The normalized spacial score (nSPS) is 22.8. The van der Waals surface area contributed by atoms with Crippen LogP contribution in [0, 0.1) is 0 Å². The van der Waals surface area contributed by atoms with Gasteiger partial charge in [0.15, 0.2) is 0 Å². The largest absolute Gasteiger partial charge is 0.314 e. The van der Waals surface area contributed by atoms with E-state index in [1.54, 1.807) is 6.33 Å². The van der Waals surface area contributed by atoms with Crippen LogP contribution >= 0.6 is 0 Å². The topological polar surface area (TPSA) is 53.6 Å². The number of nitrogens with zero attached hydrogens (tertiary/aromatic N) is 2. The first kappa shape index (κ1) is 13.3. The molecule has 1 aromatic carbocycles. The number of aromatic nitrogens is 3. The first-order chi connectivity index (χ1) is 9.92. The van der Waals surface area contributed by atoms with E-state index in [1.165, 1.54) is 31.2 Å². The van der Waals surface area contributed by atoms with Gasteiger partial charge in [-0.25, -0.2) is 4.98 Å². The van der Waals surface area contributed by atoms with E-state index in [0.29, 0.717) is 6.04 Å². The molecule has 1 fully saturated rings. The van der Waals surface area contributed by atoms with Crippen LogP contribution in [0.4, 0.5) is 0 Å². The van der Waals surface area contributed by atoms with Crippen molar-refractivity contribution in [3.8, 4) is 0 Å². The number of hydrogen-bond donors (Lipinski definition) is 2. The summed E-state index contributed by atoms with van der Waals surface area (Å²) in [5, 5.41) is 10.4. The summed E-state index contributed by atoms with van der Waals surface area (Å²) in [5.74, 6) is 1.72. The van der Waals surface area contributed by atoms with E-state index in [4.69, 9.17) is 0 Å². The lowest BCUT2D eigenvalue weighted by Gasteiger charge is -2.29. The van der Waals surface area contributed by atoms with Gasteiger partial charge >= 0.3 is 0 Å². The van der Waals surface area contributed by atoms with Gasteiger partial charge in [0.2, 0.25) is 0 Å². The highest BCUT2D eigenvalue weighted by molar-refractivity contribution is 5.20. The Morgan fingerprint density at radius 1 is 1.10 bits per heavy atom. The fraction of sp³-hybridized carbons (Fsp3) is 0.500. The summed E-state index contributed by atoms with van der Waals surface area (Å²) < 4.78 is 0. The van der Waals surface area contributed by atoms with Crippen molar-refractivity contribution in [1.82, 2.24) is 20.5 Å². The van der Waals surface area contributed by atoms with Crippen molar-refractivity contribution in [2.24, 2.45) is 0 Å². The van der Waals surface area contributed by atoms with E-state index in [9.17, 15) is 0 Å². The van der Waals surface area contributed by atoms with Gasteiger partial charge in [0, 0.05) is 19.0 Å². The van der Waals surface area contributed by atoms with Gasteiger partial charge in [0.1, 0.15) is 12.2 Å². The van der Waals surface area contributed by atoms with E-state index in [-0.39, 0.29) is 0 Å². The second kappa shape index (κ2) is 6.66. The standard InChI is InChI=1S/C16H22N4/c1-2-4-13(5-3-1)14-6-8-15(9-7-14)17-11-10-16-18-12-19-20-16/h1-5,12,14-15,17H,6-11H2,(H,18,19,20). The van der Waals surface area contributed by atoms with Crippen molar-refractivity contribution in [2.75, 3.05) is 6.54 Å². The third kappa shape index (κ3) is 3.45. The molecule has 0 atom stereocenters. The summed E-state index contributed by atoms with van der Waals surface area (Å²) in [6.45, 7) is 0.982. The molecule has 1 saturated carbocycles. The molecule has 20 heavy (non-hydrogen) atoms. The Morgan fingerprint density at radius 3 is 2.60 bits per heavy atom. The zero-order valence-electron chi connectivity index (χ0n) is 11.8. The number of aromatic amines is 1. The van der Waals surface area contributed by atoms with Crippen LogP contribution in [0.25, 0.3) is 0 Å². The molecule has 0 radical (unpaired) electrons. The zero-order chi connectivity index (χ0) is 13.6. The van der Waals surface area contributed by atoms with E-state index >= 15 is 0 Å². The predicted molar refractivity (Wildman–Crippen MR) is 79.5 cm³/mol. The lowest BCUT2D eigenvalue weighted by molar-refractivity contribution is 0.344. The molecule has 0 amide bonds. The molecule has 0 unspecified atom stereocenters. The number of H-pyrrole nitrogens is 1. The number of hydrogen-bond acceptors (Lipinski definition) is 3. The van der Waals surface area contributed by atoms with Crippen LogP contribution in [0.3, 0.4) is 0 Å². The Hall–Kier alpha value is -1.68. The van der Waals surface area contributed by atoms with E-state index < -0.39 is 0 Å². The number of rotatable bonds is 5. The minimum absolute atomic E-state index is 0.665. The third-order valence-electron chi connectivity index (χ3n) is 4.26. The molecule has 1 aliphatic rings. The first-order valence-electron chi connectivity index (χ1n) is 7.54. The van der Waals surface area contributed by atoms with Crippen molar-refractivity contribution in [3.05, 3.63) is 48.0 Å². The minimum atomic E-state index is 0.665. The maximum absolute atomic E-state index is 4.14. The second-order valence-electron chi connectivity index (χ2n) is 5.60. The highest BCUT2D eigenvalue weighted by Crippen LogP contribution is 2.32. The SMILES string of the molecule is c1ccc(C2CCC(NCCc3ncn[nH]3)CC2)cc1. The van der Waals surface area contributed by atoms with E-state index in [1.807, 2.05) is 0 Å². The molecule has 106 valence electrons. The average Bonchev–Trinajstić information content (AvgIpc) is 3.02. The van der Waals surface area contributed by atoms with Crippen molar-refractivity contribution in [3.63, 3.8) is 0 Å². The Kier molecular flexibility index (Phi) is 4.43. The van der Waals surface area contributed by atoms with Gasteiger partial charge in [0.25, 0.3) is 0 Å². The molecule has 4 heteroatoms. The van der Waals surface area contributed by atoms with Crippen molar-refractivity contribution < 1.29 is 0 Å². The molecule has 0 saturated heterocycles. The van der Waals surface area contributed by atoms with Gasteiger partial charge in [-0.2, -0.15) is 5.10 Å². The molecular formula is C16H22N4. The summed E-state index contributed by atoms with van der Waals surface area (Å²) >= 11 is 0. The molecule has 1 aromatic heterocycles. The quantitative estimate of drug-likeness (QED) is 0.878. The molecule has 2 aromatic rings. The van der Waals surface area contributed by atoms with Gasteiger partial charge in [-0.3, -0.25) is 5.10 Å². The maximum Gasteiger partial charge on any atom is 0.137 e. The van der Waals surface area contributed by atoms with Crippen LogP contribution in [0.15, 0.2) is 36.7 Å². The summed E-state index contributed by atoms with van der Waals surface area (Å²) in [5.41, 5.74) is 1.51. The van der Waals surface area contributed by atoms with Crippen molar-refractivity contribution >= 4 is 0 Å². The third-order valence-corrected chi connectivity index (χ3v) is 4.26. The molecule has 0 bridgehead atoms.